The minimum absolute atomic E-state index is 0.241. The Morgan fingerprint density at radius 3 is 3.17 bits per heavy atom. The van der Waals surface area contributed by atoms with Gasteiger partial charge in [0.1, 0.15) is 5.82 Å². The lowest BCUT2D eigenvalue weighted by molar-refractivity contribution is 0.0526. The zero-order valence-corrected chi connectivity index (χ0v) is 10.5. The number of hydrogen-bond donors (Lipinski definition) is 0. The predicted molar refractivity (Wildman–Crippen MR) is 66.3 cm³/mol. The summed E-state index contributed by atoms with van der Waals surface area (Å²) in [4.78, 5) is 16.9. The molecule has 0 bridgehead atoms. The lowest BCUT2D eigenvalue weighted by atomic mass is 10.1. The second kappa shape index (κ2) is 4.17. The quantitative estimate of drug-likeness (QED) is 0.667. The van der Waals surface area contributed by atoms with Gasteiger partial charge in [0.05, 0.1) is 12.3 Å². The minimum Gasteiger partial charge on any atom is -0.461 e. The molecule has 0 aliphatic heterocycles. The molecule has 18 heavy (non-hydrogen) atoms. The van der Waals surface area contributed by atoms with E-state index in [-0.39, 0.29) is 11.8 Å². The normalized spacial score (nSPS) is 12.1. The molecular formula is C13H10FNO2S. The average Bonchev–Trinajstić information content (AvgIpc) is 2.85. The van der Waals surface area contributed by atoms with Crippen molar-refractivity contribution in [3.63, 3.8) is 0 Å². The Labute approximate surface area is 107 Å². The summed E-state index contributed by atoms with van der Waals surface area (Å²) < 4.78 is 18.0. The summed E-state index contributed by atoms with van der Waals surface area (Å²) in [6.45, 7) is 2.10. The molecule has 5 heteroatoms. The molecule has 0 fully saturated rings. The van der Waals surface area contributed by atoms with Crippen molar-refractivity contribution in [2.45, 2.75) is 13.3 Å². The van der Waals surface area contributed by atoms with Gasteiger partial charge in [0.2, 0.25) is 5.01 Å². The Hall–Kier alpha value is -1.75. The zero-order chi connectivity index (χ0) is 12.7. The summed E-state index contributed by atoms with van der Waals surface area (Å²) in [6, 6.07) is 4.65. The second-order valence-corrected chi connectivity index (χ2v) is 5.07. The van der Waals surface area contributed by atoms with Crippen LogP contribution in [0.4, 0.5) is 4.39 Å². The van der Waals surface area contributed by atoms with Gasteiger partial charge in [0.25, 0.3) is 0 Å². The van der Waals surface area contributed by atoms with Crippen molar-refractivity contribution < 1.29 is 13.9 Å². The fourth-order valence-electron chi connectivity index (χ4n) is 2.07. The van der Waals surface area contributed by atoms with E-state index in [0.717, 1.165) is 21.7 Å². The zero-order valence-electron chi connectivity index (χ0n) is 9.70. The van der Waals surface area contributed by atoms with E-state index >= 15 is 0 Å². The van der Waals surface area contributed by atoms with Gasteiger partial charge in [-0.3, -0.25) is 0 Å². The molecule has 0 unspecified atom stereocenters. The number of rotatable bonds is 2. The van der Waals surface area contributed by atoms with Crippen LogP contribution in [0, 0.1) is 5.82 Å². The number of hydrogen-bond acceptors (Lipinski definition) is 4. The SMILES string of the molecule is CCOC(=O)c1nc2c(s1)Cc1cc(F)ccc1-2. The first kappa shape index (κ1) is 11.3. The third-order valence-electron chi connectivity index (χ3n) is 2.82. The van der Waals surface area contributed by atoms with Crippen LogP contribution in [0.2, 0.25) is 0 Å². The molecule has 0 spiro atoms. The predicted octanol–water partition coefficient (Wildman–Crippen LogP) is 3.03. The molecule has 3 rings (SSSR count). The number of ether oxygens (including phenoxy) is 1. The third-order valence-corrected chi connectivity index (χ3v) is 3.86. The summed E-state index contributed by atoms with van der Waals surface area (Å²) in [5, 5.41) is 0.372. The molecule has 0 atom stereocenters. The average molecular weight is 263 g/mol. The highest BCUT2D eigenvalue weighted by Crippen LogP contribution is 2.39. The topological polar surface area (TPSA) is 39.2 Å². The standard InChI is InChI=1S/C13H10FNO2S/c1-2-17-13(16)12-15-11-9-4-3-8(14)5-7(9)6-10(11)18-12/h3-5H,2,6H2,1H3. The van der Waals surface area contributed by atoms with Crippen molar-refractivity contribution in [3.8, 4) is 11.3 Å². The van der Waals surface area contributed by atoms with Crippen molar-refractivity contribution in [3.05, 3.63) is 39.5 Å². The van der Waals surface area contributed by atoms with Crippen molar-refractivity contribution in [2.75, 3.05) is 6.61 Å². The number of halogens is 1. The van der Waals surface area contributed by atoms with E-state index in [4.69, 9.17) is 4.74 Å². The van der Waals surface area contributed by atoms with Gasteiger partial charge in [-0.1, -0.05) is 0 Å². The van der Waals surface area contributed by atoms with Gasteiger partial charge < -0.3 is 4.74 Å². The summed E-state index contributed by atoms with van der Waals surface area (Å²) >= 11 is 1.32. The summed E-state index contributed by atoms with van der Waals surface area (Å²) in [7, 11) is 0. The van der Waals surface area contributed by atoms with Gasteiger partial charge in [-0.2, -0.15) is 0 Å². The molecule has 3 nitrogen and oxygen atoms in total. The molecule has 1 aromatic heterocycles. The van der Waals surface area contributed by atoms with E-state index in [9.17, 15) is 9.18 Å². The molecule has 0 amide bonds. The molecule has 0 N–H and O–H groups in total. The number of benzene rings is 1. The van der Waals surface area contributed by atoms with Crippen LogP contribution in [0.3, 0.4) is 0 Å². The van der Waals surface area contributed by atoms with Gasteiger partial charge in [0, 0.05) is 16.9 Å². The van der Waals surface area contributed by atoms with Crippen LogP contribution in [0.15, 0.2) is 18.2 Å². The van der Waals surface area contributed by atoms with Crippen LogP contribution >= 0.6 is 11.3 Å². The number of aromatic nitrogens is 1. The maximum atomic E-state index is 13.1. The van der Waals surface area contributed by atoms with Crippen molar-refractivity contribution in [1.29, 1.82) is 0 Å². The van der Waals surface area contributed by atoms with E-state index in [2.05, 4.69) is 4.98 Å². The monoisotopic (exact) mass is 263 g/mol. The number of nitrogens with zero attached hydrogens (tertiary/aromatic N) is 1. The fourth-order valence-corrected chi connectivity index (χ4v) is 3.07. The first-order valence-corrected chi connectivity index (χ1v) is 6.46. The highest BCUT2D eigenvalue weighted by Gasteiger charge is 2.26. The van der Waals surface area contributed by atoms with Gasteiger partial charge in [-0.15, -0.1) is 11.3 Å². The molecule has 0 saturated heterocycles. The second-order valence-electron chi connectivity index (χ2n) is 3.99. The Balaban J connectivity index is 2.00. The molecule has 0 radical (unpaired) electrons. The number of fused-ring (bicyclic) bond motifs is 3. The molecule has 2 aromatic rings. The van der Waals surface area contributed by atoms with Crippen LogP contribution in [0.5, 0.6) is 0 Å². The maximum Gasteiger partial charge on any atom is 0.367 e. The summed E-state index contributed by atoms with van der Waals surface area (Å²) in [6.07, 6.45) is 0.638. The van der Waals surface area contributed by atoms with Crippen molar-refractivity contribution in [2.24, 2.45) is 0 Å². The summed E-state index contributed by atoms with van der Waals surface area (Å²) in [5.41, 5.74) is 2.63. The number of carbonyl (C=O) groups is 1. The van der Waals surface area contributed by atoms with E-state index in [1.165, 1.54) is 23.5 Å². The van der Waals surface area contributed by atoms with Crippen LogP contribution < -0.4 is 0 Å². The van der Waals surface area contributed by atoms with Crippen molar-refractivity contribution >= 4 is 17.3 Å². The highest BCUT2D eigenvalue weighted by atomic mass is 32.1. The Kier molecular flexibility index (Phi) is 2.63. The smallest absolute Gasteiger partial charge is 0.367 e. The lowest BCUT2D eigenvalue weighted by Gasteiger charge is -1.99. The Morgan fingerprint density at radius 2 is 2.39 bits per heavy atom. The van der Waals surface area contributed by atoms with E-state index in [1.54, 1.807) is 13.0 Å². The molecular weight excluding hydrogens is 253 g/mol. The first-order chi connectivity index (χ1) is 8.69. The Bertz CT molecular complexity index is 636. The third kappa shape index (κ3) is 1.71. The number of thiazole rings is 1. The van der Waals surface area contributed by atoms with Gasteiger partial charge >= 0.3 is 5.97 Å². The van der Waals surface area contributed by atoms with Crippen LogP contribution in [-0.2, 0) is 11.2 Å². The van der Waals surface area contributed by atoms with E-state index in [0.29, 0.717) is 18.0 Å². The fraction of sp³-hybridized carbons (Fsp3) is 0.231. The molecule has 1 aromatic carbocycles. The first-order valence-electron chi connectivity index (χ1n) is 5.64. The van der Waals surface area contributed by atoms with Gasteiger partial charge in [-0.05, 0) is 30.7 Å². The molecule has 1 aliphatic rings. The van der Waals surface area contributed by atoms with Crippen LogP contribution in [-0.4, -0.2) is 17.6 Å². The van der Waals surface area contributed by atoms with E-state index in [1.807, 2.05) is 0 Å². The van der Waals surface area contributed by atoms with E-state index < -0.39 is 0 Å². The number of esters is 1. The largest absolute Gasteiger partial charge is 0.461 e. The molecule has 0 saturated carbocycles. The minimum atomic E-state index is -0.388. The van der Waals surface area contributed by atoms with Crippen LogP contribution in [0.1, 0.15) is 27.2 Å². The summed E-state index contributed by atoms with van der Waals surface area (Å²) in [5.74, 6) is -0.630. The van der Waals surface area contributed by atoms with Gasteiger partial charge in [0.15, 0.2) is 0 Å². The molecule has 92 valence electrons. The Morgan fingerprint density at radius 1 is 1.56 bits per heavy atom. The lowest BCUT2D eigenvalue weighted by Crippen LogP contribution is -2.03. The van der Waals surface area contributed by atoms with Crippen molar-refractivity contribution in [1.82, 2.24) is 4.98 Å². The van der Waals surface area contributed by atoms with Crippen LogP contribution in [0.25, 0.3) is 11.3 Å². The maximum absolute atomic E-state index is 13.1. The highest BCUT2D eigenvalue weighted by molar-refractivity contribution is 7.14. The van der Waals surface area contributed by atoms with Gasteiger partial charge in [-0.25, -0.2) is 14.2 Å². The molecule has 1 heterocycles. The number of carbonyl (C=O) groups excluding carboxylic acids is 1. The molecule has 1 aliphatic carbocycles.